The molecule has 0 aliphatic rings. The van der Waals surface area contributed by atoms with E-state index in [0.29, 0.717) is 0 Å². The van der Waals surface area contributed by atoms with E-state index >= 15 is 0 Å². The van der Waals surface area contributed by atoms with Crippen LogP contribution >= 0.6 is 7.60 Å². The van der Waals surface area contributed by atoms with E-state index in [0.717, 1.165) is 6.08 Å². The molecule has 3 N–H and O–H groups in total. The minimum absolute atomic E-state index is 0.181. The molecule has 0 rings (SSSR count). The van der Waals surface area contributed by atoms with E-state index in [1.807, 2.05) is 0 Å². The Morgan fingerprint density at radius 3 is 2.31 bits per heavy atom. The summed E-state index contributed by atoms with van der Waals surface area (Å²) in [6, 6.07) is 0. The third kappa shape index (κ3) is 4.03. The normalized spacial score (nSPS) is 13.2. The van der Waals surface area contributed by atoms with Gasteiger partial charge < -0.3 is 15.1 Å². The molecule has 0 aliphatic carbocycles. The van der Waals surface area contributed by atoms with Gasteiger partial charge in [-0.25, -0.2) is 0 Å². The average molecular weight is 205 g/mol. The Balaban J connectivity index is 4.49. The van der Waals surface area contributed by atoms with Crippen LogP contribution in [0.5, 0.6) is 0 Å². The molecule has 1 amide bonds. The van der Waals surface area contributed by atoms with Crippen molar-refractivity contribution in [3.63, 3.8) is 0 Å². The van der Waals surface area contributed by atoms with E-state index in [2.05, 4.69) is 18.5 Å². The van der Waals surface area contributed by atoms with E-state index in [1.165, 1.54) is 6.92 Å². The Kier molecular flexibility index (Phi) is 4.07. The van der Waals surface area contributed by atoms with E-state index in [4.69, 9.17) is 9.79 Å². The first-order valence-corrected chi connectivity index (χ1v) is 5.11. The van der Waals surface area contributed by atoms with Gasteiger partial charge in [-0.15, -0.1) is 6.58 Å². The first kappa shape index (κ1) is 12.1. The van der Waals surface area contributed by atoms with Crippen LogP contribution in [-0.4, -0.2) is 21.5 Å². The molecule has 0 heterocycles. The minimum atomic E-state index is -4.36. The van der Waals surface area contributed by atoms with Gasteiger partial charge in [0, 0.05) is 5.57 Å². The SMILES string of the molecule is C=CC(NC(=O)C(=C)C)P(=O)(O)O. The molecule has 5 nitrogen and oxygen atoms in total. The summed E-state index contributed by atoms with van der Waals surface area (Å²) in [6.45, 7) is 7.97. The highest BCUT2D eigenvalue weighted by atomic mass is 31.2. The van der Waals surface area contributed by atoms with Crippen LogP contribution in [0.15, 0.2) is 24.8 Å². The van der Waals surface area contributed by atoms with Gasteiger partial charge >= 0.3 is 7.60 Å². The first-order valence-electron chi connectivity index (χ1n) is 3.43. The van der Waals surface area contributed by atoms with Gasteiger partial charge in [0.2, 0.25) is 5.91 Å². The molecular formula is C7H12NO4P. The van der Waals surface area contributed by atoms with E-state index in [-0.39, 0.29) is 5.57 Å². The summed E-state index contributed by atoms with van der Waals surface area (Å²) in [6.07, 6.45) is 0.988. The number of amides is 1. The van der Waals surface area contributed by atoms with Crippen LogP contribution in [0.25, 0.3) is 0 Å². The van der Waals surface area contributed by atoms with Crippen LogP contribution in [0, 0.1) is 0 Å². The Hall–Kier alpha value is -0.900. The summed E-state index contributed by atoms with van der Waals surface area (Å²) in [4.78, 5) is 28.4. The maximum Gasteiger partial charge on any atom is 0.351 e. The lowest BCUT2D eigenvalue weighted by Crippen LogP contribution is -2.33. The summed E-state index contributed by atoms with van der Waals surface area (Å²) in [5.74, 6) is -1.95. The second-order valence-electron chi connectivity index (χ2n) is 2.52. The van der Waals surface area contributed by atoms with Gasteiger partial charge in [-0.1, -0.05) is 12.7 Å². The van der Waals surface area contributed by atoms with Crippen LogP contribution < -0.4 is 5.32 Å². The largest absolute Gasteiger partial charge is 0.351 e. The average Bonchev–Trinajstić information content (AvgIpc) is 1.96. The quantitative estimate of drug-likeness (QED) is 0.351. The Morgan fingerprint density at radius 1 is 1.62 bits per heavy atom. The topological polar surface area (TPSA) is 86.6 Å². The molecular weight excluding hydrogens is 193 g/mol. The zero-order chi connectivity index (χ0) is 10.6. The smallest absolute Gasteiger partial charge is 0.335 e. The Bertz CT molecular complexity index is 280. The van der Waals surface area contributed by atoms with Gasteiger partial charge in [0.05, 0.1) is 0 Å². The predicted octanol–water partition coefficient (Wildman–Crippen LogP) is 0.368. The van der Waals surface area contributed by atoms with Crippen molar-refractivity contribution in [1.82, 2.24) is 5.32 Å². The molecule has 0 saturated carbocycles. The van der Waals surface area contributed by atoms with Crippen molar-refractivity contribution >= 4 is 13.5 Å². The lowest BCUT2D eigenvalue weighted by atomic mass is 10.3. The maximum atomic E-state index is 11.0. The summed E-state index contributed by atoms with van der Waals surface area (Å²) in [7, 11) is -4.36. The molecule has 0 aromatic heterocycles. The molecule has 13 heavy (non-hydrogen) atoms. The highest BCUT2D eigenvalue weighted by molar-refractivity contribution is 7.52. The number of carbonyl (C=O) groups is 1. The van der Waals surface area contributed by atoms with E-state index in [1.54, 1.807) is 0 Å². The number of nitrogens with one attached hydrogen (secondary N) is 1. The van der Waals surface area contributed by atoms with Crippen molar-refractivity contribution in [2.45, 2.75) is 12.7 Å². The second-order valence-corrected chi connectivity index (χ2v) is 4.26. The Morgan fingerprint density at radius 2 is 2.08 bits per heavy atom. The molecule has 0 fully saturated rings. The Labute approximate surface area is 76.3 Å². The van der Waals surface area contributed by atoms with Crippen LogP contribution in [-0.2, 0) is 9.36 Å². The van der Waals surface area contributed by atoms with Crippen molar-refractivity contribution in [3.05, 3.63) is 24.8 Å². The van der Waals surface area contributed by atoms with Crippen molar-refractivity contribution in [2.75, 3.05) is 0 Å². The molecule has 0 aliphatic heterocycles. The first-order chi connectivity index (χ1) is 5.79. The zero-order valence-electron chi connectivity index (χ0n) is 7.23. The van der Waals surface area contributed by atoms with Gasteiger partial charge in [-0.3, -0.25) is 9.36 Å². The van der Waals surface area contributed by atoms with Crippen molar-refractivity contribution < 1.29 is 19.1 Å². The number of carbonyl (C=O) groups excluding carboxylic acids is 1. The fourth-order valence-electron chi connectivity index (χ4n) is 0.538. The summed E-state index contributed by atoms with van der Waals surface area (Å²) in [5, 5.41) is 2.09. The molecule has 0 aromatic carbocycles. The zero-order valence-corrected chi connectivity index (χ0v) is 8.12. The molecule has 0 aromatic rings. The highest BCUT2D eigenvalue weighted by Gasteiger charge is 2.27. The fourth-order valence-corrected chi connectivity index (χ4v) is 1.10. The monoisotopic (exact) mass is 205 g/mol. The van der Waals surface area contributed by atoms with Gasteiger partial charge in [0.1, 0.15) is 5.78 Å². The second kappa shape index (κ2) is 4.37. The molecule has 0 saturated heterocycles. The van der Waals surface area contributed by atoms with Gasteiger partial charge in [0.25, 0.3) is 0 Å². The van der Waals surface area contributed by atoms with Gasteiger partial charge in [-0.05, 0) is 6.92 Å². The third-order valence-corrected chi connectivity index (χ3v) is 2.32. The predicted molar refractivity (Wildman–Crippen MR) is 49.0 cm³/mol. The molecule has 1 unspecified atom stereocenters. The fraction of sp³-hybridized carbons (Fsp3) is 0.286. The molecule has 6 heteroatoms. The van der Waals surface area contributed by atoms with Gasteiger partial charge in [0.15, 0.2) is 0 Å². The van der Waals surface area contributed by atoms with Crippen molar-refractivity contribution in [3.8, 4) is 0 Å². The van der Waals surface area contributed by atoms with E-state index < -0.39 is 19.3 Å². The number of rotatable bonds is 4. The molecule has 1 atom stereocenters. The van der Waals surface area contributed by atoms with Crippen molar-refractivity contribution in [2.24, 2.45) is 0 Å². The van der Waals surface area contributed by atoms with Crippen LogP contribution in [0.1, 0.15) is 6.92 Å². The summed E-state index contributed by atoms with van der Waals surface area (Å²) >= 11 is 0. The maximum absolute atomic E-state index is 11.0. The molecule has 0 spiro atoms. The molecule has 74 valence electrons. The summed E-state index contributed by atoms with van der Waals surface area (Å²) in [5.41, 5.74) is 0.181. The minimum Gasteiger partial charge on any atom is -0.335 e. The van der Waals surface area contributed by atoms with Crippen LogP contribution in [0.2, 0.25) is 0 Å². The van der Waals surface area contributed by atoms with E-state index in [9.17, 15) is 9.36 Å². The third-order valence-electron chi connectivity index (χ3n) is 1.25. The molecule has 0 radical (unpaired) electrons. The van der Waals surface area contributed by atoms with Crippen molar-refractivity contribution in [1.29, 1.82) is 0 Å². The highest BCUT2D eigenvalue weighted by Crippen LogP contribution is 2.40. The lowest BCUT2D eigenvalue weighted by molar-refractivity contribution is -0.117. The standard InChI is InChI=1S/C7H12NO4P/c1-4-6(13(10,11)12)8-7(9)5(2)3/h4,6H,1-2H2,3H3,(H,8,9)(H2,10,11,12). The van der Waals surface area contributed by atoms with Gasteiger partial charge in [-0.2, -0.15) is 0 Å². The summed E-state index contributed by atoms with van der Waals surface area (Å²) < 4.78 is 10.7. The van der Waals surface area contributed by atoms with Crippen LogP contribution in [0.4, 0.5) is 0 Å². The number of hydrogen-bond acceptors (Lipinski definition) is 2. The van der Waals surface area contributed by atoms with Crippen LogP contribution in [0.3, 0.4) is 0 Å². The lowest BCUT2D eigenvalue weighted by Gasteiger charge is -2.15. The molecule has 0 bridgehead atoms. The number of hydrogen-bond donors (Lipinski definition) is 3.